The molecule has 3 rings (SSSR count). The van der Waals surface area contributed by atoms with Crippen molar-refractivity contribution in [2.24, 2.45) is 7.05 Å². The van der Waals surface area contributed by atoms with Gasteiger partial charge in [-0.3, -0.25) is 9.36 Å². The third-order valence-electron chi connectivity index (χ3n) is 3.84. The van der Waals surface area contributed by atoms with Crippen LogP contribution in [0.3, 0.4) is 0 Å². The maximum absolute atomic E-state index is 12.5. The number of hydrogen-bond donors (Lipinski definition) is 1. The Labute approximate surface area is 128 Å². The number of aromatic nitrogens is 2. The molecule has 3 aromatic rings. The molecule has 1 aromatic carbocycles. The Bertz CT molecular complexity index is 822. The second kappa shape index (κ2) is 6.15. The predicted octanol–water partition coefficient (Wildman–Crippen LogP) is 2.77. The van der Waals surface area contributed by atoms with Crippen molar-refractivity contribution in [2.45, 2.75) is 25.9 Å². The zero-order chi connectivity index (χ0) is 15.5. The average Bonchev–Trinajstić information content (AvgIpc) is 3.06. The van der Waals surface area contributed by atoms with Crippen LogP contribution in [-0.2, 0) is 13.6 Å². The lowest BCUT2D eigenvalue weighted by Crippen LogP contribution is -2.30. The van der Waals surface area contributed by atoms with Crippen molar-refractivity contribution in [3.8, 4) is 0 Å². The zero-order valence-electron chi connectivity index (χ0n) is 12.7. The molecular formula is C17H19N3O2. The maximum Gasteiger partial charge on any atom is 0.261 e. The summed E-state index contributed by atoms with van der Waals surface area (Å²) >= 11 is 0. The summed E-state index contributed by atoms with van der Waals surface area (Å²) in [4.78, 5) is 17.2. The van der Waals surface area contributed by atoms with E-state index in [2.05, 4.69) is 17.2 Å². The molecule has 1 atom stereocenters. The number of rotatable bonds is 5. The standard InChI is InChI=1S/C17H19N3O2/c1-3-14(18-11-12-7-6-10-22-12)16-19-15-9-5-4-8-13(15)17(21)20(16)2/h4-10,14,18H,3,11H2,1-2H3. The predicted molar refractivity (Wildman–Crippen MR) is 85.6 cm³/mol. The van der Waals surface area contributed by atoms with E-state index in [4.69, 9.17) is 4.42 Å². The molecular weight excluding hydrogens is 278 g/mol. The maximum atomic E-state index is 12.5. The summed E-state index contributed by atoms with van der Waals surface area (Å²) in [7, 11) is 1.77. The lowest BCUT2D eigenvalue weighted by molar-refractivity contribution is 0.424. The molecule has 0 saturated carbocycles. The van der Waals surface area contributed by atoms with Crippen LogP contribution in [0.15, 0.2) is 51.9 Å². The highest BCUT2D eigenvalue weighted by Crippen LogP contribution is 2.16. The Morgan fingerprint density at radius 2 is 2.09 bits per heavy atom. The van der Waals surface area contributed by atoms with Crippen LogP contribution in [0.25, 0.3) is 10.9 Å². The first-order valence-electron chi connectivity index (χ1n) is 7.42. The van der Waals surface area contributed by atoms with Crippen molar-refractivity contribution in [1.29, 1.82) is 0 Å². The topological polar surface area (TPSA) is 60.1 Å². The minimum absolute atomic E-state index is 0.00703. The third-order valence-corrected chi connectivity index (χ3v) is 3.84. The van der Waals surface area contributed by atoms with Gasteiger partial charge in [0, 0.05) is 7.05 Å². The summed E-state index contributed by atoms with van der Waals surface area (Å²) in [6.45, 7) is 2.68. The fraction of sp³-hybridized carbons (Fsp3) is 0.294. The molecule has 2 heterocycles. The molecule has 0 aliphatic heterocycles. The molecule has 1 unspecified atom stereocenters. The van der Waals surface area contributed by atoms with Crippen molar-refractivity contribution in [3.05, 3.63) is 64.6 Å². The average molecular weight is 297 g/mol. The molecule has 5 heteroatoms. The third kappa shape index (κ3) is 2.67. The van der Waals surface area contributed by atoms with Crippen molar-refractivity contribution in [2.75, 3.05) is 0 Å². The van der Waals surface area contributed by atoms with Crippen LogP contribution in [0.5, 0.6) is 0 Å². The fourth-order valence-electron chi connectivity index (χ4n) is 2.60. The van der Waals surface area contributed by atoms with Gasteiger partial charge < -0.3 is 9.73 Å². The smallest absolute Gasteiger partial charge is 0.261 e. The summed E-state index contributed by atoms with van der Waals surface area (Å²) in [6, 6.07) is 11.2. The number of benzene rings is 1. The second-order valence-electron chi connectivity index (χ2n) is 5.27. The van der Waals surface area contributed by atoms with Gasteiger partial charge in [0.25, 0.3) is 5.56 Å². The Hall–Kier alpha value is -2.40. The van der Waals surface area contributed by atoms with Crippen LogP contribution in [0.1, 0.15) is 31.0 Å². The Balaban J connectivity index is 1.96. The molecule has 0 amide bonds. The SMILES string of the molecule is CCC(NCc1ccco1)c1nc2ccccc2c(=O)n1C. The fourth-order valence-corrected chi connectivity index (χ4v) is 2.60. The number of nitrogens with one attached hydrogen (secondary N) is 1. The molecule has 1 N–H and O–H groups in total. The highest BCUT2D eigenvalue weighted by atomic mass is 16.3. The Morgan fingerprint density at radius 3 is 2.82 bits per heavy atom. The van der Waals surface area contributed by atoms with Gasteiger partial charge in [-0.15, -0.1) is 0 Å². The molecule has 114 valence electrons. The summed E-state index contributed by atoms with van der Waals surface area (Å²) in [5.74, 6) is 1.61. The van der Waals surface area contributed by atoms with Crippen molar-refractivity contribution in [3.63, 3.8) is 0 Å². The van der Waals surface area contributed by atoms with Gasteiger partial charge in [0.1, 0.15) is 11.6 Å². The van der Waals surface area contributed by atoms with Crippen LogP contribution in [0.2, 0.25) is 0 Å². The lowest BCUT2D eigenvalue weighted by atomic mass is 10.1. The molecule has 5 nitrogen and oxygen atoms in total. The molecule has 22 heavy (non-hydrogen) atoms. The first-order chi connectivity index (χ1) is 10.7. The first kappa shape index (κ1) is 14.5. The normalized spacial score (nSPS) is 12.6. The molecule has 0 saturated heterocycles. The number of para-hydroxylation sites is 1. The van der Waals surface area contributed by atoms with E-state index in [9.17, 15) is 4.79 Å². The van der Waals surface area contributed by atoms with E-state index in [0.29, 0.717) is 11.9 Å². The highest BCUT2D eigenvalue weighted by molar-refractivity contribution is 5.77. The van der Waals surface area contributed by atoms with Crippen molar-refractivity contribution < 1.29 is 4.42 Å². The van der Waals surface area contributed by atoms with E-state index in [1.54, 1.807) is 17.9 Å². The largest absolute Gasteiger partial charge is 0.468 e. The van der Waals surface area contributed by atoms with Crippen molar-refractivity contribution >= 4 is 10.9 Å². The van der Waals surface area contributed by atoms with Crippen LogP contribution in [0.4, 0.5) is 0 Å². The van der Waals surface area contributed by atoms with Crippen LogP contribution >= 0.6 is 0 Å². The quantitative estimate of drug-likeness (QED) is 0.786. The van der Waals surface area contributed by atoms with E-state index in [-0.39, 0.29) is 11.6 Å². The first-order valence-corrected chi connectivity index (χ1v) is 7.42. The number of furan rings is 1. The summed E-state index contributed by atoms with van der Waals surface area (Å²) in [5.41, 5.74) is 0.720. The van der Waals surface area contributed by atoms with E-state index in [1.807, 2.05) is 36.4 Å². The van der Waals surface area contributed by atoms with Crippen LogP contribution in [-0.4, -0.2) is 9.55 Å². The van der Waals surface area contributed by atoms with E-state index in [0.717, 1.165) is 23.5 Å². The Morgan fingerprint density at radius 1 is 1.27 bits per heavy atom. The van der Waals surface area contributed by atoms with Crippen molar-refractivity contribution in [1.82, 2.24) is 14.9 Å². The molecule has 0 fully saturated rings. The van der Waals surface area contributed by atoms with Gasteiger partial charge in [-0.25, -0.2) is 4.98 Å². The van der Waals surface area contributed by atoms with Gasteiger partial charge in [0.05, 0.1) is 29.8 Å². The van der Waals surface area contributed by atoms with E-state index < -0.39 is 0 Å². The molecule has 0 bridgehead atoms. The highest BCUT2D eigenvalue weighted by Gasteiger charge is 2.16. The van der Waals surface area contributed by atoms with Gasteiger partial charge in [-0.1, -0.05) is 19.1 Å². The minimum atomic E-state index is -0.0150. The number of fused-ring (bicyclic) bond motifs is 1. The van der Waals surface area contributed by atoms with Crippen LogP contribution in [0, 0.1) is 0 Å². The minimum Gasteiger partial charge on any atom is -0.468 e. The molecule has 0 aliphatic rings. The van der Waals surface area contributed by atoms with Gasteiger partial charge >= 0.3 is 0 Å². The lowest BCUT2D eigenvalue weighted by Gasteiger charge is -2.19. The van der Waals surface area contributed by atoms with Gasteiger partial charge in [-0.05, 0) is 30.7 Å². The van der Waals surface area contributed by atoms with E-state index in [1.165, 1.54) is 0 Å². The summed E-state index contributed by atoms with van der Waals surface area (Å²) < 4.78 is 6.97. The van der Waals surface area contributed by atoms with E-state index >= 15 is 0 Å². The Kier molecular flexibility index (Phi) is 4.06. The molecule has 2 aromatic heterocycles. The zero-order valence-corrected chi connectivity index (χ0v) is 12.7. The molecule has 0 radical (unpaired) electrons. The van der Waals surface area contributed by atoms with Crippen LogP contribution < -0.4 is 10.9 Å². The second-order valence-corrected chi connectivity index (χ2v) is 5.27. The molecule has 0 spiro atoms. The monoisotopic (exact) mass is 297 g/mol. The number of hydrogen-bond acceptors (Lipinski definition) is 4. The van der Waals surface area contributed by atoms with Gasteiger partial charge in [0.2, 0.25) is 0 Å². The van der Waals surface area contributed by atoms with Gasteiger partial charge in [0.15, 0.2) is 0 Å². The number of nitrogens with zero attached hydrogens (tertiary/aromatic N) is 2. The van der Waals surface area contributed by atoms with Gasteiger partial charge in [-0.2, -0.15) is 0 Å². The summed E-state index contributed by atoms with van der Waals surface area (Å²) in [6.07, 6.45) is 2.49. The summed E-state index contributed by atoms with van der Waals surface area (Å²) in [5, 5.41) is 4.05. The molecule has 0 aliphatic carbocycles.